The summed E-state index contributed by atoms with van der Waals surface area (Å²) in [6.45, 7) is 5.51. The SMILES string of the molecule is CN(C)[C@H]1C(=O)C(C(N)=O)=C(O)[C@]2(O)C(=O)C3=C(O)c4c(O)ccc(/C=C/C(=O)NC(C)(C)C)c4C[C@@H]3C[C@H]12. The molecule has 0 spiro atoms. The van der Waals surface area contributed by atoms with Crippen molar-refractivity contribution in [3.8, 4) is 5.75 Å². The Morgan fingerprint density at radius 1 is 1.15 bits per heavy atom. The molecule has 0 bridgehead atoms. The van der Waals surface area contributed by atoms with Gasteiger partial charge in [0.25, 0.3) is 5.91 Å². The van der Waals surface area contributed by atoms with Gasteiger partial charge in [-0.3, -0.25) is 24.1 Å². The Morgan fingerprint density at radius 3 is 2.36 bits per heavy atom. The van der Waals surface area contributed by atoms with Crippen LogP contribution in [0.15, 0.2) is 35.1 Å². The minimum Gasteiger partial charge on any atom is -0.508 e. The second-order valence-corrected chi connectivity index (χ2v) is 11.6. The van der Waals surface area contributed by atoms with E-state index in [4.69, 9.17) is 5.73 Å². The number of Topliss-reactive ketones (excluding diaryl/α,β-unsaturated/α-hetero) is 2. The standard InChI is InChI=1S/C28H33N3O8/c1-27(2,3)30-17(33)9-7-12-6-8-16(32)19-14(12)10-13-11-15-21(31(4)5)23(35)20(26(29)38)25(37)28(15,39)24(36)18(13)22(19)34/h6-9,13,15,21,32,34,37,39H,10-11H2,1-5H3,(H2,29,38)(H,30,33)/b9-7+/t13-,15-,21-,28-/m1/s1. The van der Waals surface area contributed by atoms with Crippen molar-refractivity contribution in [1.82, 2.24) is 10.2 Å². The van der Waals surface area contributed by atoms with Crippen LogP contribution >= 0.6 is 0 Å². The molecular weight excluding hydrogens is 506 g/mol. The third kappa shape index (κ3) is 4.41. The van der Waals surface area contributed by atoms with Gasteiger partial charge in [-0.25, -0.2) is 0 Å². The van der Waals surface area contributed by atoms with Gasteiger partial charge in [-0.2, -0.15) is 0 Å². The van der Waals surface area contributed by atoms with Crippen molar-refractivity contribution in [2.24, 2.45) is 17.6 Å². The molecule has 1 fully saturated rings. The average molecular weight is 540 g/mol. The molecule has 11 heteroatoms. The number of rotatable bonds is 4. The van der Waals surface area contributed by atoms with Gasteiger partial charge < -0.3 is 31.5 Å². The summed E-state index contributed by atoms with van der Waals surface area (Å²) < 4.78 is 0. The molecule has 0 heterocycles. The van der Waals surface area contributed by atoms with E-state index < -0.39 is 63.6 Å². The smallest absolute Gasteiger partial charge is 0.255 e. The number of aliphatic hydroxyl groups excluding tert-OH is 2. The number of nitrogens with one attached hydrogen (secondary N) is 1. The van der Waals surface area contributed by atoms with Crippen LogP contribution in [-0.4, -0.2) is 80.0 Å². The Morgan fingerprint density at radius 2 is 1.79 bits per heavy atom. The fourth-order valence-electron chi connectivity index (χ4n) is 6.00. The predicted octanol–water partition coefficient (Wildman–Crippen LogP) is 0.892. The topological polar surface area (TPSA) is 190 Å². The molecule has 39 heavy (non-hydrogen) atoms. The van der Waals surface area contributed by atoms with Crippen molar-refractivity contribution >= 4 is 35.2 Å². The molecule has 0 unspecified atom stereocenters. The van der Waals surface area contributed by atoms with E-state index in [0.29, 0.717) is 11.1 Å². The van der Waals surface area contributed by atoms with Crippen molar-refractivity contribution in [2.75, 3.05) is 14.1 Å². The van der Waals surface area contributed by atoms with E-state index in [1.807, 2.05) is 20.8 Å². The third-order valence-electron chi connectivity index (χ3n) is 7.55. The number of carbonyl (C=O) groups is 4. The molecule has 4 rings (SSSR count). The molecule has 0 aliphatic heterocycles. The number of phenols is 1. The molecule has 0 aromatic heterocycles. The summed E-state index contributed by atoms with van der Waals surface area (Å²) in [6, 6.07) is 1.73. The molecule has 1 saturated carbocycles. The molecule has 4 atom stereocenters. The van der Waals surface area contributed by atoms with E-state index >= 15 is 0 Å². The minimum absolute atomic E-state index is 0.0188. The molecule has 2 amide bonds. The summed E-state index contributed by atoms with van der Waals surface area (Å²) in [5.41, 5.74) is 2.04. The summed E-state index contributed by atoms with van der Waals surface area (Å²) >= 11 is 0. The maximum atomic E-state index is 13.8. The van der Waals surface area contributed by atoms with Crippen molar-refractivity contribution in [1.29, 1.82) is 0 Å². The van der Waals surface area contributed by atoms with E-state index in [-0.39, 0.29) is 35.6 Å². The van der Waals surface area contributed by atoms with Crippen LogP contribution in [0.2, 0.25) is 0 Å². The number of amides is 2. The average Bonchev–Trinajstić information content (AvgIpc) is 2.79. The largest absolute Gasteiger partial charge is 0.508 e. The Balaban J connectivity index is 1.87. The Kier molecular flexibility index (Phi) is 6.73. The van der Waals surface area contributed by atoms with Gasteiger partial charge in [0.2, 0.25) is 11.7 Å². The number of hydrogen-bond acceptors (Lipinski definition) is 9. The maximum Gasteiger partial charge on any atom is 0.255 e. The number of fused-ring (bicyclic) bond motifs is 3. The van der Waals surface area contributed by atoms with Crippen molar-refractivity contribution in [2.45, 2.75) is 50.8 Å². The molecule has 0 saturated heterocycles. The zero-order valence-electron chi connectivity index (χ0n) is 22.4. The lowest BCUT2D eigenvalue weighted by molar-refractivity contribution is -0.153. The highest BCUT2D eigenvalue weighted by molar-refractivity contribution is 6.24. The van der Waals surface area contributed by atoms with Crippen LogP contribution in [0.4, 0.5) is 0 Å². The highest BCUT2D eigenvalue weighted by Gasteiger charge is 2.64. The first kappa shape index (κ1) is 28.1. The minimum atomic E-state index is -2.69. The number of nitrogens with two attached hydrogens (primary N) is 1. The van der Waals surface area contributed by atoms with Gasteiger partial charge in [0, 0.05) is 23.1 Å². The van der Waals surface area contributed by atoms with Crippen molar-refractivity contribution in [3.63, 3.8) is 0 Å². The molecule has 7 N–H and O–H groups in total. The van der Waals surface area contributed by atoms with E-state index in [1.54, 1.807) is 12.1 Å². The number of aromatic hydroxyl groups is 1. The van der Waals surface area contributed by atoms with E-state index in [9.17, 15) is 39.6 Å². The normalized spacial score (nSPS) is 27.0. The number of hydrogen-bond donors (Lipinski definition) is 6. The van der Waals surface area contributed by atoms with Crippen LogP contribution in [0.3, 0.4) is 0 Å². The van der Waals surface area contributed by atoms with Crippen LogP contribution in [0.5, 0.6) is 5.75 Å². The lowest BCUT2D eigenvalue weighted by Gasteiger charge is -2.50. The summed E-state index contributed by atoms with van der Waals surface area (Å²) in [5.74, 6) is -7.44. The van der Waals surface area contributed by atoms with Gasteiger partial charge in [0.05, 0.1) is 11.6 Å². The highest BCUT2D eigenvalue weighted by Crippen LogP contribution is 2.53. The summed E-state index contributed by atoms with van der Waals surface area (Å²) in [5, 5.41) is 47.2. The first-order chi connectivity index (χ1) is 18.0. The number of aliphatic hydroxyl groups is 3. The van der Waals surface area contributed by atoms with Crippen LogP contribution in [0, 0.1) is 11.8 Å². The third-order valence-corrected chi connectivity index (χ3v) is 7.55. The molecule has 3 aliphatic rings. The van der Waals surface area contributed by atoms with Crippen LogP contribution in [-0.2, 0) is 25.6 Å². The van der Waals surface area contributed by atoms with Crippen molar-refractivity contribution in [3.05, 3.63) is 51.8 Å². The summed E-state index contributed by atoms with van der Waals surface area (Å²) in [4.78, 5) is 52.9. The number of carbonyl (C=O) groups excluding carboxylic acids is 4. The number of phenolic OH excluding ortho intramolecular Hbond substituents is 1. The van der Waals surface area contributed by atoms with E-state index in [0.717, 1.165) is 0 Å². The number of likely N-dealkylation sites (N-methyl/N-ethyl adjacent to an activating group) is 1. The van der Waals surface area contributed by atoms with Gasteiger partial charge in [-0.05, 0) is 76.9 Å². The van der Waals surface area contributed by atoms with Crippen molar-refractivity contribution < 1.29 is 39.6 Å². The quantitative estimate of drug-likeness (QED) is 0.238. The number of primary amides is 1. The van der Waals surface area contributed by atoms with Gasteiger partial charge in [0.15, 0.2) is 11.4 Å². The zero-order chi connectivity index (χ0) is 29.2. The molecule has 1 aromatic carbocycles. The molecule has 3 aliphatic carbocycles. The second-order valence-electron chi connectivity index (χ2n) is 11.6. The zero-order valence-corrected chi connectivity index (χ0v) is 22.4. The fourth-order valence-corrected chi connectivity index (χ4v) is 6.00. The van der Waals surface area contributed by atoms with Crippen LogP contribution in [0.1, 0.15) is 43.9 Å². The lowest BCUT2D eigenvalue weighted by atomic mass is 9.57. The first-order valence-corrected chi connectivity index (χ1v) is 12.5. The fraction of sp³-hybridized carbons (Fsp3) is 0.429. The van der Waals surface area contributed by atoms with Gasteiger partial charge in [0.1, 0.15) is 22.8 Å². The predicted molar refractivity (Wildman–Crippen MR) is 141 cm³/mol. The second kappa shape index (κ2) is 9.35. The van der Waals surface area contributed by atoms with Gasteiger partial charge in [-0.1, -0.05) is 6.07 Å². The number of ketones is 2. The Labute approximate surface area is 225 Å². The maximum absolute atomic E-state index is 13.8. The summed E-state index contributed by atoms with van der Waals surface area (Å²) in [7, 11) is 3.08. The molecule has 208 valence electrons. The Bertz CT molecular complexity index is 1400. The Hall–Kier alpha value is -3.96. The van der Waals surface area contributed by atoms with Crippen LogP contribution in [0.25, 0.3) is 11.8 Å². The first-order valence-electron chi connectivity index (χ1n) is 12.5. The lowest BCUT2D eigenvalue weighted by Crippen LogP contribution is -2.65. The number of nitrogens with zero attached hydrogens (tertiary/aromatic N) is 1. The molecule has 0 radical (unpaired) electrons. The van der Waals surface area contributed by atoms with E-state index in [2.05, 4.69) is 5.32 Å². The highest BCUT2D eigenvalue weighted by atomic mass is 16.3. The summed E-state index contributed by atoms with van der Waals surface area (Å²) in [6.07, 6.45) is 2.98. The number of benzene rings is 1. The van der Waals surface area contributed by atoms with E-state index in [1.165, 1.54) is 31.1 Å². The molecule has 11 nitrogen and oxygen atoms in total. The molecule has 1 aromatic rings. The van der Waals surface area contributed by atoms with Gasteiger partial charge >= 0.3 is 0 Å². The van der Waals surface area contributed by atoms with Gasteiger partial charge in [-0.15, -0.1) is 0 Å². The van der Waals surface area contributed by atoms with Crippen LogP contribution < -0.4 is 11.1 Å². The monoisotopic (exact) mass is 539 g/mol. The molecular formula is C28H33N3O8.